The van der Waals surface area contributed by atoms with Gasteiger partial charge in [0.15, 0.2) is 0 Å². The number of amides is 1. The summed E-state index contributed by atoms with van der Waals surface area (Å²) < 4.78 is 13.2. The molecule has 1 aliphatic rings. The van der Waals surface area contributed by atoms with Crippen LogP contribution >= 0.6 is 0 Å². The topological polar surface area (TPSA) is 88.0 Å². The molecule has 1 aromatic carbocycles. The van der Waals surface area contributed by atoms with E-state index in [1.807, 2.05) is 0 Å². The van der Waals surface area contributed by atoms with Crippen LogP contribution in [0.1, 0.15) is 38.7 Å². The van der Waals surface area contributed by atoms with Crippen molar-refractivity contribution in [3.63, 3.8) is 0 Å². The van der Waals surface area contributed by atoms with E-state index in [0.29, 0.717) is 17.7 Å². The molecule has 7 heteroatoms. The van der Waals surface area contributed by atoms with Crippen molar-refractivity contribution >= 4 is 17.6 Å². The first-order valence-corrected chi connectivity index (χ1v) is 7.35. The zero-order chi connectivity index (χ0) is 17.0. The Kier molecular flexibility index (Phi) is 4.98. The number of halogens is 1. The van der Waals surface area contributed by atoms with Gasteiger partial charge in [-0.1, -0.05) is 24.2 Å². The van der Waals surface area contributed by atoms with E-state index < -0.39 is 29.3 Å². The predicted molar refractivity (Wildman–Crippen MR) is 81.5 cm³/mol. The minimum Gasteiger partial charge on any atom is -0.481 e. The number of oxime groups is 1. The van der Waals surface area contributed by atoms with Gasteiger partial charge in [-0.05, 0) is 25.5 Å². The van der Waals surface area contributed by atoms with Crippen molar-refractivity contribution in [2.75, 3.05) is 0 Å². The second-order valence-corrected chi connectivity index (χ2v) is 5.82. The fourth-order valence-electron chi connectivity index (χ4n) is 2.33. The molecule has 1 heterocycles. The maximum absolute atomic E-state index is 13.2. The number of carbonyl (C=O) groups is 2. The molecular weight excluding hydrogens is 303 g/mol. The average Bonchev–Trinajstić information content (AvgIpc) is 2.96. The highest BCUT2D eigenvalue weighted by Gasteiger charge is 2.34. The Morgan fingerprint density at radius 1 is 1.52 bits per heavy atom. The van der Waals surface area contributed by atoms with E-state index >= 15 is 0 Å². The molecule has 0 aromatic heterocycles. The molecule has 124 valence electrons. The lowest BCUT2D eigenvalue weighted by Gasteiger charge is -2.28. The molecule has 0 spiro atoms. The fraction of sp³-hybridized carbons (Fsp3) is 0.438. The molecule has 0 radical (unpaired) electrons. The molecule has 0 fully saturated rings. The van der Waals surface area contributed by atoms with Crippen molar-refractivity contribution in [1.29, 1.82) is 0 Å². The van der Waals surface area contributed by atoms with Gasteiger partial charge in [-0.3, -0.25) is 9.59 Å². The van der Waals surface area contributed by atoms with Crippen LogP contribution in [0.2, 0.25) is 0 Å². The minimum absolute atomic E-state index is 0.181. The number of hydrogen-bond donors (Lipinski definition) is 2. The lowest BCUT2D eigenvalue weighted by atomic mass is 9.93. The Morgan fingerprint density at radius 3 is 2.87 bits per heavy atom. The molecule has 6 nitrogen and oxygen atoms in total. The van der Waals surface area contributed by atoms with Crippen LogP contribution in [0.15, 0.2) is 29.4 Å². The van der Waals surface area contributed by atoms with E-state index in [9.17, 15) is 14.0 Å². The number of hydrogen-bond acceptors (Lipinski definition) is 4. The number of nitrogens with one attached hydrogen (secondary N) is 1. The Balaban J connectivity index is 2.00. The summed E-state index contributed by atoms with van der Waals surface area (Å²) in [6, 6.07) is 5.89. The smallest absolute Gasteiger partial charge is 0.305 e. The second kappa shape index (κ2) is 6.76. The molecule has 0 bridgehead atoms. The van der Waals surface area contributed by atoms with Gasteiger partial charge in [-0.2, -0.15) is 0 Å². The summed E-state index contributed by atoms with van der Waals surface area (Å²) in [6.45, 7) is 3.47. The van der Waals surface area contributed by atoms with Crippen molar-refractivity contribution in [1.82, 2.24) is 5.32 Å². The van der Waals surface area contributed by atoms with Gasteiger partial charge in [-0.25, -0.2) is 4.39 Å². The van der Waals surface area contributed by atoms with E-state index in [-0.39, 0.29) is 12.8 Å². The Morgan fingerprint density at radius 2 is 2.26 bits per heavy atom. The van der Waals surface area contributed by atoms with Crippen LogP contribution in [-0.2, 0) is 14.4 Å². The highest BCUT2D eigenvalue weighted by Crippen LogP contribution is 2.20. The Bertz CT molecular complexity index is 647. The van der Waals surface area contributed by atoms with E-state index in [1.165, 1.54) is 12.1 Å². The molecule has 2 N–H and O–H groups in total. The number of benzene rings is 1. The van der Waals surface area contributed by atoms with Crippen LogP contribution in [0.25, 0.3) is 0 Å². The number of nitrogens with zero attached hydrogens (tertiary/aromatic N) is 1. The van der Waals surface area contributed by atoms with Gasteiger partial charge in [0.05, 0.1) is 12.1 Å². The molecular formula is C16H19FN2O4. The van der Waals surface area contributed by atoms with E-state index in [2.05, 4.69) is 10.5 Å². The van der Waals surface area contributed by atoms with Crippen LogP contribution in [0, 0.1) is 5.82 Å². The highest BCUT2D eigenvalue weighted by molar-refractivity contribution is 6.04. The Labute approximate surface area is 133 Å². The summed E-state index contributed by atoms with van der Waals surface area (Å²) in [6.07, 6.45) is -0.343. The lowest BCUT2D eigenvalue weighted by Crippen LogP contribution is -2.50. The maximum Gasteiger partial charge on any atom is 0.305 e. The first kappa shape index (κ1) is 16.9. The summed E-state index contributed by atoms with van der Waals surface area (Å²) in [4.78, 5) is 28.3. The number of aliphatic carboxylic acids is 1. The normalized spacial score (nSPS) is 19.4. The summed E-state index contributed by atoms with van der Waals surface area (Å²) in [5.74, 6) is -1.80. The first-order chi connectivity index (χ1) is 10.8. The molecule has 0 saturated carbocycles. The molecule has 2 unspecified atom stereocenters. The van der Waals surface area contributed by atoms with E-state index in [0.717, 1.165) is 0 Å². The van der Waals surface area contributed by atoms with Gasteiger partial charge in [0.25, 0.3) is 5.91 Å². The molecule has 0 aliphatic carbocycles. The van der Waals surface area contributed by atoms with Gasteiger partial charge >= 0.3 is 5.97 Å². The first-order valence-electron chi connectivity index (χ1n) is 7.35. The summed E-state index contributed by atoms with van der Waals surface area (Å²) in [7, 11) is 0. The lowest BCUT2D eigenvalue weighted by molar-refractivity contribution is -0.140. The number of carboxylic acid groups (broad SMARTS) is 1. The minimum atomic E-state index is -0.987. The zero-order valence-electron chi connectivity index (χ0n) is 13.0. The van der Waals surface area contributed by atoms with Gasteiger partial charge in [-0.15, -0.1) is 0 Å². The second-order valence-electron chi connectivity index (χ2n) is 5.82. The van der Waals surface area contributed by atoms with Gasteiger partial charge in [0, 0.05) is 17.5 Å². The van der Waals surface area contributed by atoms with E-state index in [1.54, 1.807) is 26.0 Å². The van der Waals surface area contributed by atoms with Crippen LogP contribution in [-0.4, -0.2) is 34.3 Å². The third kappa shape index (κ3) is 4.28. The van der Waals surface area contributed by atoms with Crippen molar-refractivity contribution in [2.24, 2.45) is 5.16 Å². The summed E-state index contributed by atoms with van der Waals surface area (Å²) in [5.41, 5.74) is 0.193. The van der Waals surface area contributed by atoms with Crippen LogP contribution in [0.3, 0.4) is 0 Å². The largest absolute Gasteiger partial charge is 0.481 e. The van der Waals surface area contributed by atoms with Crippen molar-refractivity contribution in [3.8, 4) is 0 Å². The summed E-state index contributed by atoms with van der Waals surface area (Å²) in [5, 5.41) is 15.5. The van der Waals surface area contributed by atoms with Gasteiger partial charge in [0.2, 0.25) is 6.10 Å². The fourth-order valence-corrected chi connectivity index (χ4v) is 2.33. The Hall–Kier alpha value is -2.44. The van der Waals surface area contributed by atoms with Crippen LogP contribution in [0.4, 0.5) is 4.39 Å². The molecule has 23 heavy (non-hydrogen) atoms. The van der Waals surface area contributed by atoms with Gasteiger partial charge < -0.3 is 15.3 Å². The average molecular weight is 322 g/mol. The predicted octanol–water partition coefficient (Wildman–Crippen LogP) is 2.08. The van der Waals surface area contributed by atoms with Crippen molar-refractivity contribution < 1.29 is 23.9 Å². The maximum atomic E-state index is 13.2. The zero-order valence-corrected chi connectivity index (χ0v) is 13.0. The quantitative estimate of drug-likeness (QED) is 0.839. The number of carboxylic acids is 1. The van der Waals surface area contributed by atoms with Crippen molar-refractivity contribution in [2.45, 2.75) is 44.8 Å². The molecule has 1 amide bonds. The molecule has 1 aromatic rings. The SMILES string of the molecule is CCC(C)(CC(=O)O)NC(=O)C1CC(c2cccc(F)c2)=NO1. The standard InChI is InChI=1S/C16H19FN2O4/c1-3-16(2,9-14(20)21)18-15(22)13-8-12(19-23-13)10-5-4-6-11(17)7-10/h4-7,13H,3,8-9H2,1-2H3,(H,18,22)(H,20,21). The number of carbonyl (C=O) groups excluding carboxylic acids is 1. The third-order valence-corrected chi connectivity index (χ3v) is 3.87. The third-order valence-electron chi connectivity index (χ3n) is 3.87. The molecule has 0 saturated heterocycles. The van der Waals surface area contributed by atoms with Crippen molar-refractivity contribution in [3.05, 3.63) is 35.6 Å². The molecule has 1 aliphatic heterocycles. The summed E-state index contributed by atoms with van der Waals surface area (Å²) >= 11 is 0. The number of rotatable bonds is 6. The van der Waals surface area contributed by atoms with Crippen LogP contribution in [0.5, 0.6) is 0 Å². The molecule has 2 atom stereocenters. The van der Waals surface area contributed by atoms with Gasteiger partial charge in [0.1, 0.15) is 5.82 Å². The highest BCUT2D eigenvalue weighted by atomic mass is 19.1. The molecule has 2 rings (SSSR count). The van der Waals surface area contributed by atoms with E-state index in [4.69, 9.17) is 9.94 Å². The van der Waals surface area contributed by atoms with Crippen LogP contribution < -0.4 is 5.32 Å². The monoisotopic (exact) mass is 322 g/mol.